The van der Waals surface area contributed by atoms with Crippen molar-refractivity contribution in [1.82, 2.24) is 10.6 Å². The van der Waals surface area contributed by atoms with Gasteiger partial charge in [-0.3, -0.25) is 9.98 Å². The van der Waals surface area contributed by atoms with Crippen LogP contribution in [0.5, 0.6) is 11.5 Å². The molecule has 6 heteroatoms. The summed E-state index contributed by atoms with van der Waals surface area (Å²) in [7, 11) is 0. The van der Waals surface area contributed by atoms with Crippen molar-refractivity contribution in [2.24, 2.45) is 9.98 Å². The Morgan fingerprint density at radius 1 is 0.625 bits per heavy atom. The molecule has 32 heavy (non-hydrogen) atoms. The summed E-state index contributed by atoms with van der Waals surface area (Å²) in [6.07, 6.45) is 4.53. The molecule has 1 fully saturated rings. The van der Waals surface area contributed by atoms with Gasteiger partial charge in [0.15, 0.2) is 0 Å². The molecule has 1 saturated carbocycles. The van der Waals surface area contributed by atoms with E-state index in [9.17, 15) is 0 Å². The highest BCUT2D eigenvalue weighted by molar-refractivity contribution is 6.00. The van der Waals surface area contributed by atoms with Crippen molar-refractivity contribution in [3.63, 3.8) is 0 Å². The minimum Gasteiger partial charge on any atom is -0.490 e. The lowest BCUT2D eigenvalue weighted by molar-refractivity contribution is 0.0806. The van der Waals surface area contributed by atoms with Crippen molar-refractivity contribution in [1.29, 1.82) is 0 Å². The standard InChI is InChI=1S/C26H32N4O2/c1-17-15-27-25(29-17)19-3-7-21(8-4-19)31-23-11-13-24(14-12-23)32-22-9-5-20(6-10-22)26-28-16-18(2)30-26/h3-10,17-18,23-24H,11-16H2,1-2H3,(H,27,29)(H,28,30). The van der Waals surface area contributed by atoms with Crippen LogP contribution in [0.25, 0.3) is 0 Å². The lowest BCUT2D eigenvalue weighted by Gasteiger charge is -2.29. The first-order chi connectivity index (χ1) is 15.6. The summed E-state index contributed by atoms with van der Waals surface area (Å²) in [5.74, 6) is 3.82. The average molecular weight is 433 g/mol. The van der Waals surface area contributed by atoms with Gasteiger partial charge in [-0.25, -0.2) is 0 Å². The van der Waals surface area contributed by atoms with Crippen molar-refractivity contribution in [3.05, 3.63) is 59.7 Å². The molecule has 2 aromatic carbocycles. The van der Waals surface area contributed by atoms with Gasteiger partial charge in [-0.05, 0) is 88.1 Å². The summed E-state index contributed by atoms with van der Waals surface area (Å²) in [6, 6.07) is 17.4. The number of aliphatic imine (C=N–C) groups is 2. The van der Waals surface area contributed by atoms with E-state index < -0.39 is 0 Å². The van der Waals surface area contributed by atoms with Crippen molar-refractivity contribution < 1.29 is 9.47 Å². The highest BCUT2D eigenvalue weighted by Gasteiger charge is 2.24. The predicted octanol–water partition coefficient (Wildman–Crippen LogP) is 3.93. The lowest BCUT2D eigenvalue weighted by Crippen LogP contribution is -2.30. The zero-order valence-electron chi connectivity index (χ0n) is 18.9. The summed E-state index contributed by atoms with van der Waals surface area (Å²) in [6.45, 7) is 5.98. The highest BCUT2D eigenvalue weighted by Crippen LogP contribution is 2.27. The van der Waals surface area contributed by atoms with Gasteiger partial charge in [0.2, 0.25) is 0 Å². The smallest absolute Gasteiger partial charge is 0.128 e. The molecule has 6 nitrogen and oxygen atoms in total. The van der Waals surface area contributed by atoms with E-state index in [0.29, 0.717) is 12.1 Å². The lowest BCUT2D eigenvalue weighted by atomic mass is 9.95. The van der Waals surface area contributed by atoms with Gasteiger partial charge in [0, 0.05) is 23.2 Å². The fourth-order valence-corrected chi connectivity index (χ4v) is 4.49. The molecule has 0 aromatic heterocycles. The number of benzene rings is 2. The van der Waals surface area contributed by atoms with Crippen molar-refractivity contribution in [2.75, 3.05) is 13.1 Å². The van der Waals surface area contributed by atoms with E-state index in [2.05, 4.69) is 83.0 Å². The third kappa shape index (κ3) is 4.90. The molecular weight excluding hydrogens is 400 g/mol. The first-order valence-corrected chi connectivity index (χ1v) is 11.8. The van der Waals surface area contributed by atoms with Crippen LogP contribution in [0.4, 0.5) is 0 Å². The van der Waals surface area contributed by atoms with Crippen LogP contribution in [-0.4, -0.2) is 49.1 Å². The molecule has 5 rings (SSSR count). The summed E-state index contributed by atoms with van der Waals surface area (Å²) >= 11 is 0. The van der Waals surface area contributed by atoms with Gasteiger partial charge in [0.1, 0.15) is 23.2 Å². The number of amidine groups is 2. The van der Waals surface area contributed by atoms with Crippen LogP contribution >= 0.6 is 0 Å². The Hall–Kier alpha value is -3.02. The number of nitrogens with one attached hydrogen (secondary N) is 2. The Morgan fingerprint density at radius 3 is 1.31 bits per heavy atom. The Bertz CT molecular complexity index is 894. The third-order valence-corrected chi connectivity index (χ3v) is 6.30. The van der Waals surface area contributed by atoms with Crippen LogP contribution in [0.15, 0.2) is 58.5 Å². The zero-order chi connectivity index (χ0) is 21.9. The molecule has 2 atom stereocenters. The zero-order valence-corrected chi connectivity index (χ0v) is 18.9. The average Bonchev–Trinajstić information content (AvgIpc) is 3.44. The third-order valence-electron chi connectivity index (χ3n) is 6.30. The molecule has 0 bridgehead atoms. The minimum absolute atomic E-state index is 0.249. The molecule has 2 aliphatic heterocycles. The number of rotatable bonds is 6. The maximum atomic E-state index is 6.24. The van der Waals surface area contributed by atoms with Gasteiger partial charge >= 0.3 is 0 Å². The Labute approximate surface area is 190 Å². The van der Waals surface area contributed by atoms with Crippen molar-refractivity contribution in [3.8, 4) is 11.5 Å². The SMILES string of the molecule is CC1CN=C(c2ccc(OC3CCC(Oc4ccc(C5=NCC(C)N5)cc4)CC3)cc2)N1. The monoisotopic (exact) mass is 432 g/mol. The van der Waals surface area contributed by atoms with Crippen LogP contribution in [0.2, 0.25) is 0 Å². The second-order valence-electron chi connectivity index (χ2n) is 9.15. The number of hydrogen-bond donors (Lipinski definition) is 2. The largest absolute Gasteiger partial charge is 0.490 e. The van der Waals surface area contributed by atoms with E-state index in [0.717, 1.165) is 73.1 Å². The van der Waals surface area contributed by atoms with E-state index >= 15 is 0 Å². The molecule has 3 aliphatic rings. The van der Waals surface area contributed by atoms with Gasteiger partial charge < -0.3 is 20.1 Å². The van der Waals surface area contributed by atoms with Gasteiger partial charge in [0.25, 0.3) is 0 Å². The fraction of sp³-hybridized carbons (Fsp3) is 0.462. The summed E-state index contributed by atoms with van der Waals surface area (Å²) < 4.78 is 12.5. The quantitative estimate of drug-likeness (QED) is 0.726. The maximum absolute atomic E-state index is 6.24. The molecular formula is C26H32N4O2. The number of hydrogen-bond acceptors (Lipinski definition) is 6. The molecule has 2 heterocycles. The second kappa shape index (κ2) is 9.23. The van der Waals surface area contributed by atoms with Gasteiger partial charge in [-0.15, -0.1) is 0 Å². The molecule has 0 saturated heterocycles. The van der Waals surface area contributed by atoms with Crippen LogP contribution in [0.1, 0.15) is 50.7 Å². The van der Waals surface area contributed by atoms with Gasteiger partial charge in [-0.1, -0.05) is 0 Å². The summed E-state index contributed by atoms with van der Waals surface area (Å²) in [5.41, 5.74) is 2.24. The molecule has 2 aromatic rings. The Balaban J connectivity index is 1.08. The van der Waals surface area contributed by atoms with E-state index in [1.807, 2.05) is 0 Å². The molecule has 0 radical (unpaired) electrons. The summed E-state index contributed by atoms with van der Waals surface area (Å²) in [4.78, 5) is 9.09. The number of ether oxygens (including phenoxy) is 2. The normalized spacial score (nSPS) is 27.2. The van der Waals surface area contributed by atoms with Crippen LogP contribution in [0, 0.1) is 0 Å². The minimum atomic E-state index is 0.249. The van der Waals surface area contributed by atoms with Crippen molar-refractivity contribution >= 4 is 11.7 Å². The first kappa shape index (κ1) is 20.9. The molecule has 0 spiro atoms. The molecule has 168 valence electrons. The second-order valence-corrected chi connectivity index (χ2v) is 9.15. The number of nitrogens with zero attached hydrogens (tertiary/aromatic N) is 2. The van der Waals surface area contributed by atoms with E-state index in [1.165, 1.54) is 0 Å². The Kier molecular flexibility index (Phi) is 6.02. The molecule has 2 N–H and O–H groups in total. The first-order valence-electron chi connectivity index (χ1n) is 11.8. The van der Waals surface area contributed by atoms with E-state index in [-0.39, 0.29) is 12.2 Å². The van der Waals surface area contributed by atoms with Crippen LogP contribution in [0.3, 0.4) is 0 Å². The molecule has 0 amide bonds. The van der Waals surface area contributed by atoms with Crippen LogP contribution in [-0.2, 0) is 0 Å². The topological polar surface area (TPSA) is 67.2 Å². The highest BCUT2D eigenvalue weighted by atomic mass is 16.5. The summed E-state index contributed by atoms with van der Waals surface area (Å²) in [5, 5.41) is 6.80. The molecule has 1 aliphatic carbocycles. The van der Waals surface area contributed by atoms with Crippen molar-refractivity contribution in [2.45, 2.75) is 63.8 Å². The van der Waals surface area contributed by atoms with Crippen LogP contribution < -0.4 is 20.1 Å². The fourth-order valence-electron chi connectivity index (χ4n) is 4.49. The van der Waals surface area contributed by atoms with Gasteiger partial charge in [-0.2, -0.15) is 0 Å². The van der Waals surface area contributed by atoms with E-state index in [1.54, 1.807) is 0 Å². The Morgan fingerprint density at radius 2 is 1.00 bits per heavy atom. The maximum Gasteiger partial charge on any atom is 0.128 e. The van der Waals surface area contributed by atoms with Gasteiger partial charge in [0.05, 0.1) is 25.3 Å². The predicted molar refractivity (Wildman–Crippen MR) is 128 cm³/mol. The van der Waals surface area contributed by atoms with E-state index in [4.69, 9.17) is 9.47 Å². The molecule has 2 unspecified atom stereocenters.